The van der Waals surface area contributed by atoms with Gasteiger partial charge in [0, 0.05) is 36.5 Å². The second kappa shape index (κ2) is 14.5. The number of amides is 2. The quantitative estimate of drug-likeness (QED) is 0.107. The molecule has 0 saturated carbocycles. The number of thioether (sulfide) groups is 1. The predicted octanol–water partition coefficient (Wildman–Crippen LogP) is 6.56. The Balaban J connectivity index is 0.920. The Morgan fingerprint density at radius 1 is 0.920 bits per heavy atom. The van der Waals surface area contributed by atoms with E-state index >= 15 is 0 Å². The van der Waals surface area contributed by atoms with E-state index in [4.69, 9.17) is 4.74 Å². The van der Waals surface area contributed by atoms with Crippen LogP contribution in [0.15, 0.2) is 119 Å². The van der Waals surface area contributed by atoms with Crippen molar-refractivity contribution in [2.45, 2.75) is 36.2 Å². The summed E-state index contributed by atoms with van der Waals surface area (Å²) < 4.78 is 7.40. The van der Waals surface area contributed by atoms with Crippen LogP contribution in [-0.4, -0.2) is 49.3 Å². The standard InChI is InChI=1S/C40H36N4O5S/c1-43-35-18-8-9-19-36(35)50-38(43)23-26-20-22-44(34-17-7-6-11-27(26)34)24-37(45)42-33(39(46)47)16-10-21-41-40(48)49-25-32-30-14-4-2-12-28(30)29-13-3-5-15-31(29)32/h2-9,11-15,17-20,22-23,32-33H,10,16,21,24-25H2,1H3,(H2-,41,42,45,46,47,48)/p+1/t33-/m1/s1. The average Bonchev–Trinajstić information content (AvgIpc) is 3.63. The van der Waals surface area contributed by atoms with E-state index < -0.39 is 24.0 Å². The number of alkyl carbamates (subject to hydrolysis) is 1. The van der Waals surface area contributed by atoms with Crippen molar-refractivity contribution in [3.05, 3.63) is 131 Å². The Bertz CT molecular complexity index is 2090. The molecule has 5 aromatic rings. The predicted molar refractivity (Wildman–Crippen MR) is 195 cm³/mol. The number of aromatic nitrogens is 1. The van der Waals surface area contributed by atoms with Crippen LogP contribution in [0, 0.1) is 0 Å². The molecule has 1 aromatic heterocycles. The zero-order chi connectivity index (χ0) is 34.6. The molecular formula is C40H37N4O5S+. The highest BCUT2D eigenvalue weighted by molar-refractivity contribution is 8.03. The maximum absolute atomic E-state index is 13.1. The smallest absolute Gasteiger partial charge is 0.407 e. The highest BCUT2D eigenvalue weighted by Gasteiger charge is 2.29. The number of pyridine rings is 1. The number of rotatable bonds is 11. The fourth-order valence-corrected chi connectivity index (χ4v) is 7.85. The molecule has 0 spiro atoms. The van der Waals surface area contributed by atoms with E-state index in [2.05, 4.69) is 65.1 Å². The van der Waals surface area contributed by atoms with Crippen molar-refractivity contribution >= 4 is 52.4 Å². The van der Waals surface area contributed by atoms with E-state index in [9.17, 15) is 19.5 Å². The second-order valence-corrected chi connectivity index (χ2v) is 13.4. The summed E-state index contributed by atoms with van der Waals surface area (Å²) in [5, 5.41) is 17.3. The lowest BCUT2D eigenvalue weighted by Crippen LogP contribution is -2.48. The molecule has 2 amide bonds. The van der Waals surface area contributed by atoms with Gasteiger partial charge in [0.25, 0.3) is 5.91 Å². The number of hydrogen-bond donors (Lipinski definition) is 3. The van der Waals surface area contributed by atoms with Crippen molar-refractivity contribution < 1.29 is 28.8 Å². The number of anilines is 1. The van der Waals surface area contributed by atoms with Gasteiger partial charge < -0.3 is 25.4 Å². The average molecular weight is 686 g/mol. The highest BCUT2D eigenvalue weighted by atomic mass is 32.2. The van der Waals surface area contributed by atoms with Crippen molar-refractivity contribution in [2.75, 3.05) is 25.1 Å². The van der Waals surface area contributed by atoms with E-state index in [1.165, 1.54) is 4.90 Å². The molecule has 3 N–H and O–H groups in total. The number of hydrogen-bond acceptors (Lipinski definition) is 6. The van der Waals surface area contributed by atoms with Gasteiger partial charge in [0.15, 0.2) is 6.20 Å². The van der Waals surface area contributed by atoms with Gasteiger partial charge in [-0.15, -0.1) is 0 Å². The Hall–Kier alpha value is -5.61. The van der Waals surface area contributed by atoms with Gasteiger partial charge >= 0.3 is 12.1 Å². The van der Waals surface area contributed by atoms with E-state index in [0.717, 1.165) is 49.4 Å². The summed E-state index contributed by atoms with van der Waals surface area (Å²) in [6.07, 6.45) is 3.93. The van der Waals surface area contributed by atoms with Crippen LogP contribution in [-0.2, 0) is 20.9 Å². The van der Waals surface area contributed by atoms with Gasteiger partial charge in [0.2, 0.25) is 12.1 Å². The first-order valence-corrected chi connectivity index (χ1v) is 17.4. The maximum Gasteiger partial charge on any atom is 0.407 e. The molecule has 1 aliphatic heterocycles. The van der Waals surface area contributed by atoms with Crippen LogP contribution < -0.4 is 20.1 Å². The molecular weight excluding hydrogens is 649 g/mol. The third-order valence-corrected chi connectivity index (χ3v) is 10.4. The molecule has 1 atom stereocenters. The number of carboxylic acid groups (broad SMARTS) is 1. The van der Waals surface area contributed by atoms with Crippen LogP contribution in [0.25, 0.3) is 28.1 Å². The van der Waals surface area contributed by atoms with Gasteiger partial charge in [-0.2, -0.15) is 4.57 Å². The summed E-state index contributed by atoms with van der Waals surface area (Å²) in [7, 11) is 2.05. The molecule has 0 unspecified atom stereocenters. The molecule has 1 aliphatic carbocycles. The molecule has 0 bridgehead atoms. The van der Waals surface area contributed by atoms with Crippen LogP contribution in [0.1, 0.15) is 35.4 Å². The monoisotopic (exact) mass is 685 g/mol. The van der Waals surface area contributed by atoms with Crippen molar-refractivity contribution in [2.24, 2.45) is 0 Å². The van der Waals surface area contributed by atoms with Crippen LogP contribution in [0.3, 0.4) is 0 Å². The lowest BCUT2D eigenvalue weighted by molar-refractivity contribution is -0.658. The molecule has 4 aromatic carbocycles. The number of carbonyl (C=O) groups excluding carboxylic acids is 2. The number of carboxylic acids is 1. The van der Waals surface area contributed by atoms with Crippen LogP contribution in [0.5, 0.6) is 0 Å². The molecule has 252 valence electrons. The summed E-state index contributed by atoms with van der Waals surface area (Å²) in [5.74, 6) is -1.59. The number of ether oxygens (including phenoxy) is 1. The number of nitrogens with one attached hydrogen (secondary N) is 2. The summed E-state index contributed by atoms with van der Waals surface area (Å²) in [6.45, 7) is 0.368. The topological polar surface area (TPSA) is 112 Å². The number of para-hydroxylation sites is 2. The molecule has 0 fully saturated rings. The largest absolute Gasteiger partial charge is 0.480 e. The number of aliphatic carboxylic acids is 1. The SMILES string of the molecule is CN1C(=Cc2cc[n+](CC(=O)N[C@H](CCCNC(=O)OCC3c4ccccc4-c4ccccc43)C(=O)O)c3ccccc23)Sc2ccccc21. The third-order valence-electron chi connectivity index (χ3n) is 9.24. The zero-order valence-corrected chi connectivity index (χ0v) is 28.4. The fourth-order valence-electron chi connectivity index (χ4n) is 6.75. The van der Waals surface area contributed by atoms with Gasteiger partial charge in [0.05, 0.1) is 16.1 Å². The van der Waals surface area contributed by atoms with Gasteiger partial charge in [-0.3, -0.25) is 4.79 Å². The molecule has 10 heteroatoms. The van der Waals surface area contributed by atoms with Crippen LogP contribution in [0.4, 0.5) is 10.5 Å². The lowest BCUT2D eigenvalue weighted by atomic mass is 9.98. The highest BCUT2D eigenvalue weighted by Crippen LogP contribution is 2.46. The minimum Gasteiger partial charge on any atom is -0.480 e. The fraction of sp³-hybridized carbons (Fsp3) is 0.200. The first-order chi connectivity index (χ1) is 24.4. The lowest BCUT2D eigenvalue weighted by Gasteiger charge is -2.16. The van der Waals surface area contributed by atoms with Gasteiger partial charge in [-0.25, -0.2) is 9.59 Å². The van der Waals surface area contributed by atoms with Crippen molar-refractivity contribution in [3.8, 4) is 11.1 Å². The first-order valence-electron chi connectivity index (χ1n) is 16.6. The van der Waals surface area contributed by atoms with E-state index in [-0.39, 0.29) is 32.0 Å². The first kappa shape index (κ1) is 32.9. The normalized spacial score (nSPS) is 14.6. The Morgan fingerprint density at radius 3 is 2.34 bits per heavy atom. The van der Waals surface area contributed by atoms with Crippen molar-refractivity contribution in [1.82, 2.24) is 10.6 Å². The molecule has 9 nitrogen and oxygen atoms in total. The number of nitrogens with zero attached hydrogens (tertiary/aromatic N) is 2. The van der Waals surface area contributed by atoms with E-state index in [1.807, 2.05) is 77.5 Å². The number of benzene rings is 4. The molecule has 50 heavy (non-hydrogen) atoms. The zero-order valence-electron chi connectivity index (χ0n) is 27.5. The number of carbonyl (C=O) groups is 3. The van der Waals surface area contributed by atoms with Crippen molar-refractivity contribution in [1.29, 1.82) is 0 Å². The Labute approximate surface area is 294 Å². The molecule has 2 heterocycles. The summed E-state index contributed by atoms with van der Waals surface area (Å²) in [5.41, 5.74) is 7.60. The minimum atomic E-state index is -1.13. The number of fused-ring (bicyclic) bond motifs is 5. The third kappa shape index (κ3) is 6.79. The van der Waals surface area contributed by atoms with E-state index in [0.29, 0.717) is 6.42 Å². The summed E-state index contributed by atoms with van der Waals surface area (Å²) in [4.78, 5) is 41.1. The van der Waals surface area contributed by atoms with Crippen LogP contribution >= 0.6 is 11.8 Å². The van der Waals surface area contributed by atoms with Gasteiger partial charge in [0.1, 0.15) is 12.6 Å². The summed E-state index contributed by atoms with van der Waals surface area (Å²) >= 11 is 1.71. The van der Waals surface area contributed by atoms with E-state index in [1.54, 1.807) is 11.8 Å². The molecule has 0 saturated heterocycles. The van der Waals surface area contributed by atoms with Crippen molar-refractivity contribution in [3.63, 3.8) is 0 Å². The second-order valence-electron chi connectivity index (χ2n) is 12.4. The van der Waals surface area contributed by atoms with Crippen LogP contribution in [0.2, 0.25) is 0 Å². The summed E-state index contributed by atoms with van der Waals surface area (Å²) in [6, 6.07) is 33.3. The Kier molecular flexibility index (Phi) is 9.53. The maximum atomic E-state index is 13.1. The molecule has 2 aliphatic rings. The molecule has 0 radical (unpaired) electrons. The molecule has 7 rings (SSSR count). The Morgan fingerprint density at radius 2 is 1.60 bits per heavy atom. The van der Waals surface area contributed by atoms with Gasteiger partial charge in [-0.1, -0.05) is 84.6 Å². The van der Waals surface area contributed by atoms with Gasteiger partial charge in [-0.05, 0) is 64.9 Å². The minimum absolute atomic E-state index is 0.0424.